The average Bonchev–Trinajstić information content (AvgIpc) is 3.97. The number of primary amides is 1. The van der Waals surface area contributed by atoms with Crippen LogP contribution >= 0.6 is 0 Å². The lowest BCUT2D eigenvalue weighted by molar-refractivity contribution is -0.148. The van der Waals surface area contributed by atoms with Crippen molar-refractivity contribution in [1.29, 1.82) is 0 Å². The topological polar surface area (TPSA) is 455 Å². The fourth-order valence-electron chi connectivity index (χ4n) is 9.85. The summed E-state index contributed by atoms with van der Waals surface area (Å²) in [7, 11) is -5.13. The van der Waals surface area contributed by atoms with E-state index >= 15 is 0 Å². The van der Waals surface area contributed by atoms with Crippen LogP contribution in [0.25, 0.3) is 0 Å². The Morgan fingerprint density at radius 2 is 1.30 bits per heavy atom. The van der Waals surface area contributed by atoms with Gasteiger partial charge in [-0.15, -0.1) is 0 Å². The molecular weight excluding hydrogens is 1060 g/mol. The van der Waals surface area contributed by atoms with Crippen molar-refractivity contribution in [3.63, 3.8) is 0 Å². The Labute approximate surface area is 458 Å². The normalized spacial score (nSPS) is 27.1. The Morgan fingerprint density at radius 3 is 1.87 bits per heavy atom. The minimum atomic E-state index is -5.13. The summed E-state index contributed by atoms with van der Waals surface area (Å²) in [5.74, 6) is -11.4. The molecule has 1 aromatic rings. The second-order valence-corrected chi connectivity index (χ2v) is 21.6. The molecule has 29 heteroatoms. The number of fused-ring (bicyclic) bond motifs is 2. The molecule has 0 aliphatic carbocycles. The lowest BCUT2D eigenvalue weighted by Crippen LogP contribution is -2.64. The molecule has 0 radical (unpaired) electrons. The van der Waals surface area contributed by atoms with Gasteiger partial charge in [-0.25, -0.2) is 0 Å². The molecule has 3 aliphatic rings. The number of nitrogens with two attached hydrogens (primary N) is 1. The molecule has 0 bridgehead atoms. The van der Waals surface area contributed by atoms with Crippen LogP contribution in [0.5, 0.6) is 11.5 Å². The zero-order valence-corrected chi connectivity index (χ0v) is 45.3. The highest BCUT2D eigenvalue weighted by atomic mass is 32.3. The summed E-state index contributed by atoms with van der Waals surface area (Å²) >= 11 is 0. The maximum Gasteiger partial charge on any atom is 0.446 e. The first-order valence-electron chi connectivity index (χ1n) is 26.9. The van der Waals surface area contributed by atoms with Crippen LogP contribution in [0.2, 0.25) is 0 Å². The van der Waals surface area contributed by atoms with Crippen molar-refractivity contribution in [2.75, 3.05) is 13.1 Å². The number of aromatic hydroxyl groups is 1. The fraction of sp³-hybridized carbons (Fsp3) is 0.720. The molecule has 8 amide bonds. The number of carbonyl (C=O) groups is 8. The van der Waals surface area contributed by atoms with Crippen LogP contribution in [-0.4, -0.2) is 203 Å². The summed E-state index contributed by atoms with van der Waals surface area (Å²) in [5, 5.41) is 99.8. The van der Waals surface area contributed by atoms with Gasteiger partial charge in [-0.3, -0.25) is 42.9 Å². The molecule has 1 aromatic carbocycles. The summed E-state index contributed by atoms with van der Waals surface area (Å²) in [6, 6.07) is -9.24. The number of hydrogen-bond donors (Lipinski definition) is 15. The molecule has 3 aliphatic heterocycles. The van der Waals surface area contributed by atoms with Crippen LogP contribution < -0.4 is 36.5 Å². The van der Waals surface area contributed by atoms with Crippen LogP contribution in [-0.2, 0) is 55.2 Å². The molecular formula is C50H80N8O20S. The van der Waals surface area contributed by atoms with Crippen molar-refractivity contribution < 1.29 is 96.4 Å². The molecule has 3 heterocycles. The number of phenolic OH excluding ortho intramolecular Hbond substituents is 1. The Kier molecular flexibility index (Phi) is 26.0. The Morgan fingerprint density at radius 1 is 0.734 bits per heavy atom. The predicted molar refractivity (Wildman–Crippen MR) is 277 cm³/mol. The number of aliphatic hydroxyl groups excluding tert-OH is 7. The van der Waals surface area contributed by atoms with E-state index in [4.69, 9.17) is 10.3 Å². The van der Waals surface area contributed by atoms with E-state index < -0.39 is 187 Å². The number of phenols is 1. The largest absolute Gasteiger partial charge is 0.504 e. The third-order valence-corrected chi connectivity index (χ3v) is 14.5. The first-order chi connectivity index (χ1) is 37.2. The number of hydrogen-bond acceptors (Lipinski definition) is 19. The summed E-state index contributed by atoms with van der Waals surface area (Å²) in [6.45, 7) is 2.18. The van der Waals surface area contributed by atoms with E-state index in [0.717, 1.165) is 62.1 Å². The third kappa shape index (κ3) is 20.4. The van der Waals surface area contributed by atoms with Gasteiger partial charge in [-0.1, -0.05) is 90.0 Å². The van der Waals surface area contributed by atoms with Crippen molar-refractivity contribution in [1.82, 2.24) is 36.4 Å². The Balaban J connectivity index is 1.69. The van der Waals surface area contributed by atoms with Gasteiger partial charge < -0.3 is 87.2 Å². The number of benzene rings is 1. The summed E-state index contributed by atoms with van der Waals surface area (Å²) in [6.07, 6.45) is -3.84. The van der Waals surface area contributed by atoms with Gasteiger partial charge in [0.25, 0.3) is 0 Å². The van der Waals surface area contributed by atoms with Crippen molar-refractivity contribution >= 4 is 57.7 Å². The number of rotatable bonds is 24. The van der Waals surface area contributed by atoms with Crippen LogP contribution in [0, 0.1) is 0 Å². The number of unbranched alkanes of at least 4 members (excludes halogenated alkanes) is 12. The van der Waals surface area contributed by atoms with Gasteiger partial charge in [-0.2, -0.15) is 8.42 Å². The first kappa shape index (κ1) is 65.7. The zero-order valence-electron chi connectivity index (χ0n) is 44.5. The van der Waals surface area contributed by atoms with E-state index in [0.29, 0.717) is 17.7 Å². The molecule has 0 aromatic heterocycles. The minimum absolute atomic E-state index is 0.0927. The minimum Gasteiger partial charge on any atom is -0.504 e. The summed E-state index contributed by atoms with van der Waals surface area (Å²) in [4.78, 5) is 113. The molecule has 3 saturated heterocycles. The van der Waals surface area contributed by atoms with E-state index in [1.165, 1.54) is 38.5 Å². The maximum atomic E-state index is 14.4. The first-order valence-corrected chi connectivity index (χ1v) is 28.2. The van der Waals surface area contributed by atoms with E-state index in [-0.39, 0.29) is 18.4 Å². The number of aliphatic hydroxyl groups is 7. The second kappa shape index (κ2) is 31.3. The van der Waals surface area contributed by atoms with Crippen LogP contribution in [0.3, 0.4) is 0 Å². The van der Waals surface area contributed by atoms with Crippen molar-refractivity contribution in [3.8, 4) is 11.5 Å². The SMILES string of the molecule is CCCCCCCCCCCCCCCC(=O)N[C@H]1C[C@@H](O)[C@@H](O)NC(=O)[C@@H]2[C@@H](O)CCN2C(=O)[C@H]([C@H](O)CC(N)=O)NC(=O)[C@H]([C@H](O)Cc2ccc(OS(=O)(=O)O)c(O)c2)NC(=O)[C@@H]2C[C@@H](O)CN2C(=O)[C@H]([C@@H](C)O)NC1=O. The quantitative estimate of drug-likeness (QED) is 0.0355. The molecule has 0 unspecified atom stereocenters. The van der Waals surface area contributed by atoms with Crippen molar-refractivity contribution in [3.05, 3.63) is 23.8 Å². The van der Waals surface area contributed by atoms with E-state index in [9.17, 15) is 87.6 Å². The van der Waals surface area contributed by atoms with Gasteiger partial charge >= 0.3 is 10.4 Å². The summed E-state index contributed by atoms with van der Waals surface area (Å²) in [5.41, 5.74) is 5.23. The van der Waals surface area contributed by atoms with Gasteiger partial charge in [0.2, 0.25) is 47.3 Å². The number of amides is 8. The van der Waals surface area contributed by atoms with Crippen LogP contribution in [0.4, 0.5) is 0 Å². The highest BCUT2D eigenvalue weighted by molar-refractivity contribution is 7.81. The fourth-order valence-corrected chi connectivity index (χ4v) is 10.2. The molecule has 13 atom stereocenters. The van der Waals surface area contributed by atoms with Gasteiger partial charge in [0.15, 0.2) is 17.7 Å². The number of nitrogens with one attached hydrogen (secondary N) is 5. The van der Waals surface area contributed by atoms with E-state index in [1.807, 2.05) is 5.32 Å². The lowest BCUT2D eigenvalue weighted by Gasteiger charge is -2.34. The standard InChI is InChI=1S/C50H80N8O20S/c1-3-4-5-6-7-8-9-10-11-12-13-14-15-16-39(67)52-30-24-36(65)46(70)56-48(72)43-32(61)19-20-57(43)50(74)42(35(64)25-38(51)66)55-47(71)41(34(63)22-28-17-18-37(33(62)21-28)78-79(75,76)77)54-45(69)31-23-29(60)26-58(31)49(73)40(27(2)59)53-44(30)68/h17-18,21,27,29-32,34-36,40-43,46,59-65,70H,3-16,19-20,22-26H2,1-2H3,(H2,51,66)(H,52,67)(H,53,68)(H,54,69)(H,55,71)(H,56,72)(H,75,76,77)/t27-,29-,30+,31+,32+,34-,35-,36-,40+,41+,42+,43+,46-/m1/s1. The molecule has 446 valence electrons. The number of nitrogens with zero attached hydrogens (tertiary/aromatic N) is 2. The van der Waals surface area contributed by atoms with Gasteiger partial charge in [0, 0.05) is 38.8 Å². The van der Waals surface area contributed by atoms with Crippen LogP contribution in [0.15, 0.2) is 18.2 Å². The molecule has 28 nitrogen and oxygen atoms in total. The Hall–Kier alpha value is -5.79. The molecule has 3 fully saturated rings. The zero-order chi connectivity index (χ0) is 58.7. The van der Waals surface area contributed by atoms with Crippen molar-refractivity contribution in [2.24, 2.45) is 5.73 Å². The van der Waals surface area contributed by atoms with E-state index in [2.05, 4.69) is 32.4 Å². The van der Waals surface area contributed by atoms with Crippen LogP contribution in [0.1, 0.15) is 135 Å². The maximum absolute atomic E-state index is 14.4. The monoisotopic (exact) mass is 1140 g/mol. The highest BCUT2D eigenvalue weighted by Gasteiger charge is 2.48. The smallest absolute Gasteiger partial charge is 0.446 e. The van der Waals surface area contributed by atoms with Gasteiger partial charge in [0.05, 0.1) is 36.9 Å². The van der Waals surface area contributed by atoms with Gasteiger partial charge in [0.1, 0.15) is 42.4 Å². The molecule has 4 rings (SSSR count). The van der Waals surface area contributed by atoms with Gasteiger partial charge in [-0.05, 0) is 37.5 Å². The highest BCUT2D eigenvalue weighted by Crippen LogP contribution is 2.29. The second-order valence-electron chi connectivity index (χ2n) is 20.6. The third-order valence-electron chi connectivity index (χ3n) is 14.1. The molecule has 0 saturated carbocycles. The van der Waals surface area contributed by atoms with E-state index in [1.54, 1.807) is 0 Å². The lowest BCUT2D eigenvalue weighted by atomic mass is 9.98. The molecule has 79 heavy (non-hydrogen) atoms. The summed E-state index contributed by atoms with van der Waals surface area (Å²) < 4.78 is 36.0. The van der Waals surface area contributed by atoms with Crippen molar-refractivity contribution in [2.45, 2.75) is 215 Å². The average molecular weight is 1150 g/mol. The Bertz CT molecular complexity index is 2370. The number of carbonyl (C=O) groups excluding carboxylic acids is 8. The molecule has 0 spiro atoms. The predicted octanol–water partition coefficient (Wildman–Crippen LogP) is -3.36. The molecule has 16 N–H and O–H groups in total.